The van der Waals surface area contributed by atoms with E-state index >= 15 is 0 Å². The molecule has 1 amide bonds. The Labute approximate surface area is 129 Å². The Bertz CT molecular complexity index is 425. The summed E-state index contributed by atoms with van der Waals surface area (Å²) in [4.78, 5) is 11.9. The van der Waals surface area contributed by atoms with Gasteiger partial charge in [-0.3, -0.25) is 4.79 Å². The Morgan fingerprint density at radius 1 is 1.26 bits per heavy atom. The van der Waals surface area contributed by atoms with Gasteiger partial charge in [0.05, 0.1) is 4.83 Å². The predicted molar refractivity (Wildman–Crippen MR) is 86.6 cm³/mol. The summed E-state index contributed by atoms with van der Waals surface area (Å²) in [6.07, 6.45) is 2.71. The quantitative estimate of drug-likeness (QED) is 0.586. The Morgan fingerprint density at radius 2 is 1.84 bits per heavy atom. The van der Waals surface area contributed by atoms with Crippen LogP contribution in [-0.4, -0.2) is 16.6 Å². The molecule has 4 heteroatoms. The first-order valence-corrected chi connectivity index (χ1v) is 7.99. The van der Waals surface area contributed by atoms with Crippen LogP contribution >= 0.6 is 27.5 Å². The van der Waals surface area contributed by atoms with E-state index in [1.54, 1.807) is 0 Å². The van der Waals surface area contributed by atoms with E-state index in [1.165, 1.54) is 5.56 Å². The van der Waals surface area contributed by atoms with Crippen LogP contribution < -0.4 is 5.32 Å². The molecule has 0 heterocycles. The monoisotopic (exact) mass is 345 g/mol. The molecule has 1 unspecified atom stereocenters. The van der Waals surface area contributed by atoms with Crippen LogP contribution in [0.5, 0.6) is 0 Å². The third-order valence-corrected chi connectivity index (χ3v) is 4.19. The average molecular weight is 347 g/mol. The molecule has 106 valence electrons. The van der Waals surface area contributed by atoms with Gasteiger partial charge in [-0.1, -0.05) is 40.0 Å². The molecule has 1 rings (SSSR count). The van der Waals surface area contributed by atoms with Crippen molar-refractivity contribution in [3.8, 4) is 0 Å². The number of carbonyl (C=O) groups is 1. The number of hydrogen-bond acceptors (Lipinski definition) is 1. The van der Waals surface area contributed by atoms with Crippen molar-refractivity contribution in [2.45, 2.75) is 44.9 Å². The smallest absolute Gasteiger partial charge is 0.238 e. The summed E-state index contributed by atoms with van der Waals surface area (Å²) in [5.74, 6) is 0.668. The molecule has 1 atom stereocenters. The molecule has 0 bridgehead atoms. The lowest BCUT2D eigenvalue weighted by molar-refractivity contribution is -0.115. The van der Waals surface area contributed by atoms with Crippen LogP contribution in [0.4, 0.5) is 5.69 Å². The van der Waals surface area contributed by atoms with Gasteiger partial charge >= 0.3 is 0 Å². The highest BCUT2D eigenvalue weighted by molar-refractivity contribution is 9.10. The highest BCUT2D eigenvalue weighted by Crippen LogP contribution is 2.23. The summed E-state index contributed by atoms with van der Waals surface area (Å²) in [7, 11) is 0. The first kappa shape index (κ1) is 16.5. The zero-order chi connectivity index (χ0) is 14.4. The van der Waals surface area contributed by atoms with Crippen molar-refractivity contribution < 1.29 is 4.79 Å². The molecule has 0 fully saturated rings. The summed E-state index contributed by atoms with van der Waals surface area (Å²) in [5.41, 5.74) is 4.35. The minimum atomic E-state index is -0.157. The lowest BCUT2D eigenvalue weighted by Gasteiger charge is -2.15. The van der Waals surface area contributed by atoms with E-state index in [0.29, 0.717) is 5.88 Å². The molecule has 0 aliphatic carbocycles. The Kier molecular flexibility index (Phi) is 6.87. The zero-order valence-electron chi connectivity index (χ0n) is 11.7. The Morgan fingerprint density at radius 3 is 2.37 bits per heavy atom. The van der Waals surface area contributed by atoms with Crippen LogP contribution in [0.25, 0.3) is 0 Å². The number of carbonyl (C=O) groups excluding carboxylic acids is 1. The van der Waals surface area contributed by atoms with E-state index in [-0.39, 0.29) is 10.7 Å². The second-order valence-electron chi connectivity index (χ2n) is 4.92. The van der Waals surface area contributed by atoms with E-state index in [1.807, 2.05) is 13.8 Å². The summed E-state index contributed by atoms with van der Waals surface area (Å²) >= 11 is 9.07. The van der Waals surface area contributed by atoms with Gasteiger partial charge in [0.15, 0.2) is 0 Å². The first-order chi connectivity index (χ1) is 8.95. The molecule has 1 aromatic rings. The van der Waals surface area contributed by atoms with Gasteiger partial charge in [0.1, 0.15) is 0 Å². The number of alkyl halides is 2. The summed E-state index contributed by atoms with van der Waals surface area (Å²) in [5, 5.41) is 3.01. The van der Waals surface area contributed by atoms with Crippen molar-refractivity contribution in [1.29, 1.82) is 0 Å². The first-order valence-electron chi connectivity index (χ1n) is 6.54. The number of rotatable bonds is 6. The Hall–Kier alpha value is -0.540. The van der Waals surface area contributed by atoms with Gasteiger partial charge in [0, 0.05) is 11.6 Å². The van der Waals surface area contributed by atoms with Crippen LogP contribution in [0.1, 0.15) is 36.0 Å². The van der Waals surface area contributed by atoms with Crippen LogP contribution in [0.3, 0.4) is 0 Å². The largest absolute Gasteiger partial charge is 0.325 e. The fourth-order valence-electron chi connectivity index (χ4n) is 2.13. The average Bonchev–Trinajstić information content (AvgIpc) is 2.33. The summed E-state index contributed by atoms with van der Waals surface area (Å²) in [6.45, 7) is 6.10. The van der Waals surface area contributed by atoms with Crippen LogP contribution in [0, 0.1) is 20.8 Å². The van der Waals surface area contributed by atoms with Gasteiger partial charge in [0.2, 0.25) is 5.91 Å². The van der Waals surface area contributed by atoms with E-state index in [9.17, 15) is 4.79 Å². The van der Waals surface area contributed by atoms with Crippen LogP contribution in [-0.2, 0) is 4.79 Å². The summed E-state index contributed by atoms with van der Waals surface area (Å²) in [6, 6.07) is 4.17. The molecule has 0 saturated carbocycles. The topological polar surface area (TPSA) is 29.1 Å². The minimum Gasteiger partial charge on any atom is -0.325 e. The number of amides is 1. The maximum absolute atomic E-state index is 12.1. The van der Waals surface area contributed by atoms with Gasteiger partial charge < -0.3 is 5.32 Å². The standard InChI is InChI=1S/C15H21BrClNO/c1-10-8-11(2)14(12(3)9-10)18-15(19)13(16)6-4-5-7-17/h8-9,13H,4-7H2,1-3H3,(H,18,19). The minimum absolute atomic E-state index is 0.0182. The van der Waals surface area contributed by atoms with Crippen molar-refractivity contribution in [3.63, 3.8) is 0 Å². The van der Waals surface area contributed by atoms with Crippen LogP contribution in [0.2, 0.25) is 0 Å². The van der Waals surface area contributed by atoms with Gasteiger partial charge in [-0.2, -0.15) is 0 Å². The predicted octanol–water partition coefficient (Wildman–Crippen LogP) is 4.72. The number of halogens is 2. The maximum Gasteiger partial charge on any atom is 0.238 e. The summed E-state index contributed by atoms with van der Waals surface area (Å²) < 4.78 is 0. The molecular formula is C15H21BrClNO. The molecule has 0 spiro atoms. The second kappa shape index (κ2) is 7.91. The van der Waals surface area contributed by atoms with E-state index in [0.717, 1.165) is 36.1 Å². The highest BCUT2D eigenvalue weighted by Gasteiger charge is 2.16. The van der Waals surface area contributed by atoms with E-state index in [4.69, 9.17) is 11.6 Å². The van der Waals surface area contributed by atoms with Gasteiger partial charge in [0.25, 0.3) is 0 Å². The van der Waals surface area contributed by atoms with Gasteiger partial charge in [-0.25, -0.2) is 0 Å². The molecule has 0 saturated heterocycles. The van der Waals surface area contributed by atoms with Crippen molar-refractivity contribution >= 4 is 39.1 Å². The number of anilines is 1. The molecule has 2 nitrogen and oxygen atoms in total. The molecule has 0 radical (unpaired) electrons. The van der Waals surface area contributed by atoms with Gasteiger partial charge in [-0.05, 0) is 44.7 Å². The Balaban J connectivity index is 2.66. The lowest BCUT2D eigenvalue weighted by Crippen LogP contribution is -2.23. The molecule has 1 aromatic carbocycles. The van der Waals surface area contributed by atoms with Gasteiger partial charge in [-0.15, -0.1) is 11.6 Å². The van der Waals surface area contributed by atoms with Crippen molar-refractivity contribution in [3.05, 3.63) is 28.8 Å². The SMILES string of the molecule is Cc1cc(C)c(NC(=O)C(Br)CCCCCl)c(C)c1. The van der Waals surface area contributed by atoms with Crippen molar-refractivity contribution in [2.75, 3.05) is 11.2 Å². The maximum atomic E-state index is 12.1. The van der Waals surface area contributed by atoms with E-state index in [2.05, 4.69) is 40.3 Å². The third kappa shape index (κ3) is 5.15. The number of unbranched alkanes of at least 4 members (excludes halogenated alkanes) is 1. The number of benzene rings is 1. The molecule has 0 aliphatic heterocycles. The second-order valence-corrected chi connectivity index (χ2v) is 6.40. The highest BCUT2D eigenvalue weighted by atomic mass is 79.9. The zero-order valence-corrected chi connectivity index (χ0v) is 14.1. The number of hydrogen-bond donors (Lipinski definition) is 1. The number of nitrogens with one attached hydrogen (secondary N) is 1. The van der Waals surface area contributed by atoms with Crippen molar-refractivity contribution in [2.24, 2.45) is 0 Å². The molecule has 1 N–H and O–H groups in total. The van der Waals surface area contributed by atoms with Crippen LogP contribution in [0.15, 0.2) is 12.1 Å². The molecule has 0 aliphatic rings. The van der Waals surface area contributed by atoms with E-state index < -0.39 is 0 Å². The molecule has 19 heavy (non-hydrogen) atoms. The fourth-order valence-corrected chi connectivity index (χ4v) is 2.76. The van der Waals surface area contributed by atoms with Crippen molar-refractivity contribution in [1.82, 2.24) is 0 Å². The fraction of sp³-hybridized carbons (Fsp3) is 0.533. The third-order valence-electron chi connectivity index (χ3n) is 3.05. The normalized spacial score (nSPS) is 12.3. The molecular weight excluding hydrogens is 326 g/mol. The number of aryl methyl sites for hydroxylation is 3. The molecule has 0 aromatic heterocycles. The lowest BCUT2D eigenvalue weighted by atomic mass is 10.0.